The van der Waals surface area contributed by atoms with Crippen molar-refractivity contribution in [3.63, 3.8) is 0 Å². The van der Waals surface area contributed by atoms with Crippen LogP contribution in [0.25, 0.3) is 0 Å². The summed E-state index contributed by atoms with van der Waals surface area (Å²) in [7, 11) is 1.76. The minimum absolute atomic E-state index is 0.162. The molecule has 0 aliphatic carbocycles. The molecule has 1 atom stereocenters. The zero-order valence-electron chi connectivity index (χ0n) is 12.8. The third kappa shape index (κ3) is 7.61. The second kappa shape index (κ2) is 7.93. The van der Waals surface area contributed by atoms with Crippen LogP contribution in [0.5, 0.6) is 0 Å². The maximum absolute atomic E-state index is 5.13. The molecule has 1 unspecified atom stereocenters. The number of rotatable bonds is 7. The summed E-state index contributed by atoms with van der Waals surface area (Å²) in [6, 6.07) is 8.80. The van der Waals surface area contributed by atoms with E-state index in [-0.39, 0.29) is 5.54 Å². The fourth-order valence-corrected chi connectivity index (χ4v) is 2.73. The Morgan fingerprint density at radius 1 is 1.32 bits per heavy atom. The zero-order valence-corrected chi connectivity index (χ0v) is 13.6. The number of hydrogen-bond acceptors (Lipinski definition) is 3. The highest BCUT2D eigenvalue weighted by atomic mass is 32.2. The highest BCUT2D eigenvalue weighted by molar-refractivity contribution is 7.99. The molecule has 3 heteroatoms. The van der Waals surface area contributed by atoms with Gasteiger partial charge in [0, 0.05) is 35.9 Å². The Hall–Kier alpha value is -0.510. The van der Waals surface area contributed by atoms with Gasteiger partial charge in [0.15, 0.2) is 0 Å². The minimum Gasteiger partial charge on any atom is -0.385 e. The van der Waals surface area contributed by atoms with Crippen LogP contribution < -0.4 is 5.32 Å². The smallest absolute Gasteiger partial charge is 0.0472 e. The first-order valence-corrected chi connectivity index (χ1v) is 7.78. The van der Waals surface area contributed by atoms with Gasteiger partial charge in [-0.05, 0) is 44.9 Å². The first-order chi connectivity index (χ1) is 8.90. The lowest BCUT2D eigenvalue weighted by atomic mass is 10.1. The van der Waals surface area contributed by atoms with E-state index in [2.05, 4.69) is 57.3 Å². The predicted molar refractivity (Wildman–Crippen MR) is 84.8 cm³/mol. The number of thioether (sulfide) groups is 1. The van der Waals surface area contributed by atoms with E-state index in [1.54, 1.807) is 7.11 Å². The molecule has 0 amide bonds. The Bertz CT molecular complexity index is 373. The summed E-state index contributed by atoms with van der Waals surface area (Å²) in [5, 5.41) is 4.11. The molecule has 1 rings (SSSR count). The molecule has 0 aromatic heterocycles. The molecule has 1 N–H and O–H groups in total. The van der Waals surface area contributed by atoms with Crippen molar-refractivity contribution in [1.29, 1.82) is 0 Å². The molecule has 0 radical (unpaired) electrons. The van der Waals surface area contributed by atoms with Crippen molar-refractivity contribution in [3.05, 3.63) is 29.8 Å². The van der Waals surface area contributed by atoms with Gasteiger partial charge >= 0.3 is 0 Å². The molecule has 0 fully saturated rings. The average Bonchev–Trinajstić information content (AvgIpc) is 2.33. The fraction of sp³-hybridized carbons (Fsp3) is 0.625. The molecule has 0 spiro atoms. The normalized spacial score (nSPS) is 13.5. The largest absolute Gasteiger partial charge is 0.385 e. The SMILES string of the molecule is COCCC(C)Sc1cccc(CNC(C)(C)C)c1. The summed E-state index contributed by atoms with van der Waals surface area (Å²) in [6.07, 6.45) is 1.09. The van der Waals surface area contributed by atoms with Crippen molar-refractivity contribution in [2.24, 2.45) is 0 Å². The second-order valence-corrected chi connectivity index (χ2v) is 7.47. The van der Waals surface area contributed by atoms with Crippen LogP contribution in [0.4, 0.5) is 0 Å². The Labute approximate surface area is 122 Å². The monoisotopic (exact) mass is 281 g/mol. The molecule has 1 aromatic carbocycles. The van der Waals surface area contributed by atoms with Gasteiger partial charge in [-0.3, -0.25) is 0 Å². The Morgan fingerprint density at radius 3 is 2.68 bits per heavy atom. The average molecular weight is 281 g/mol. The lowest BCUT2D eigenvalue weighted by molar-refractivity contribution is 0.195. The predicted octanol–water partition coefficient (Wildman–Crippen LogP) is 4.09. The third-order valence-corrected chi connectivity index (χ3v) is 3.95. The molecule has 2 nitrogen and oxygen atoms in total. The topological polar surface area (TPSA) is 21.3 Å². The molecular weight excluding hydrogens is 254 g/mol. The summed E-state index contributed by atoms with van der Waals surface area (Å²) >= 11 is 1.92. The van der Waals surface area contributed by atoms with Crippen molar-refractivity contribution >= 4 is 11.8 Å². The van der Waals surface area contributed by atoms with Gasteiger partial charge in [0.05, 0.1) is 0 Å². The van der Waals surface area contributed by atoms with E-state index in [1.165, 1.54) is 10.5 Å². The summed E-state index contributed by atoms with van der Waals surface area (Å²) in [5.41, 5.74) is 1.51. The van der Waals surface area contributed by atoms with Gasteiger partial charge in [-0.15, -0.1) is 11.8 Å². The van der Waals surface area contributed by atoms with Crippen molar-refractivity contribution in [1.82, 2.24) is 5.32 Å². The number of nitrogens with one attached hydrogen (secondary N) is 1. The molecule has 108 valence electrons. The van der Waals surface area contributed by atoms with Gasteiger partial charge in [-0.1, -0.05) is 19.1 Å². The van der Waals surface area contributed by atoms with E-state index in [1.807, 2.05) is 11.8 Å². The number of ether oxygens (including phenoxy) is 1. The highest BCUT2D eigenvalue weighted by Gasteiger charge is 2.09. The van der Waals surface area contributed by atoms with E-state index in [4.69, 9.17) is 4.74 Å². The van der Waals surface area contributed by atoms with Gasteiger partial charge < -0.3 is 10.1 Å². The van der Waals surface area contributed by atoms with Crippen molar-refractivity contribution in [3.8, 4) is 0 Å². The number of hydrogen-bond donors (Lipinski definition) is 1. The van der Waals surface area contributed by atoms with E-state index < -0.39 is 0 Å². The summed E-state index contributed by atoms with van der Waals surface area (Å²) in [5.74, 6) is 0. The standard InChI is InChI=1S/C16H27NOS/c1-13(9-10-18-5)19-15-8-6-7-14(11-15)12-17-16(2,3)4/h6-8,11,13,17H,9-10,12H2,1-5H3. The van der Waals surface area contributed by atoms with Crippen LogP contribution in [0.3, 0.4) is 0 Å². The Morgan fingerprint density at radius 2 is 2.05 bits per heavy atom. The van der Waals surface area contributed by atoms with Crippen molar-refractivity contribution in [2.75, 3.05) is 13.7 Å². The van der Waals surface area contributed by atoms with Crippen molar-refractivity contribution < 1.29 is 4.74 Å². The lowest BCUT2D eigenvalue weighted by Crippen LogP contribution is -2.35. The van der Waals surface area contributed by atoms with Crippen molar-refractivity contribution in [2.45, 2.75) is 56.3 Å². The molecule has 19 heavy (non-hydrogen) atoms. The highest BCUT2D eigenvalue weighted by Crippen LogP contribution is 2.26. The van der Waals surface area contributed by atoms with Gasteiger partial charge in [0.25, 0.3) is 0 Å². The van der Waals surface area contributed by atoms with Gasteiger partial charge in [-0.2, -0.15) is 0 Å². The second-order valence-electron chi connectivity index (χ2n) is 5.96. The van der Waals surface area contributed by atoms with Crippen LogP contribution in [0.15, 0.2) is 29.2 Å². The van der Waals surface area contributed by atoms with Crippen LogP contribution in [-0.2, 0) is 11.3 Å². The van der Waals surface area contributed by atoms with E-state index >= 15 is 0 Å². The van der Waals surface area contributed by atoms with Crippen LogP contribution in [-0.4, -0.2) is 24.5 Å². The van der Waals surface area contributed by atoms with Crippen LogP contribution in [0, 0.1) is 0 Å². The van der Waals surface area contributed by atoms with E-state index in [0.29, 0.717) is 5.25 Å². The van der Waals surface area contributed by atoms with Crippen LogP contribution in [0.1, 0.15) is 39.7 Å². The molecule has 0 heterocycles. The summed E-state index contributed by atoms with van der Waals surface area (Å²) in [6.45, 7) is 10.6. The molecule has 0 saturated carbocycles. The summed E-state index contributed by atoms with van der Waals surface area (Å²) in [4.78, 5) is 1.34. The van der Waals surface area contributed by atoms with E-state index in [9.17, 15) is 0 Å². The molecule has 1 aromatic rings. The number of benzene rings is 1. The first-order valence-electron chi connectivity index (χ1n) is 6.90. The maximum atomic E-state index is 5.13. The molecule has 0 aliphatic rings. The fourth-order valence-electron chi connectivity index (χ4n) is 1.67. The molecule has 0 bridgehead atoms. The quantitative estimate of drug-likeness (QED) is 0.761. The maximum Gasteiger partial charge on any atom is 0.0472 e. The van der Waals surface area contributed by atoms with Gasteiger partial charge in [0.2, 0.25) is 0 Å². The van der Waals surface area contributed by atoms with E-state index in [0.717, 1.165) is 19.6 Å². The number of methoxy groups -OCH3 is 1. The minimum atomic E-state index is 0.162. The van der Waals surface area contributed by atoms with Crippen LogP contribution in [0.2, 0.25) is 0 Å². The summed E-state index contributed by atoms with van der Waals surface area (Å²) < 4.78 is 5.13. The Balaban J connectivity index is 2.52. The molecule has 0 aliphatic heterocycles. The van der Waals surface area contributed by atoms with Crippen LogP contribution >= 0.6 is 11.8 Å². The molecule has 0 saturated heterocycles. The zero-order chi connectivity index (χ0) is 14.3. The first kappa shape index (κ1) is 16.5. The molecular formula is C16H27NOS. The Kier molecular flexibility index (Phi) is 6.90. The van der Waals surface area contributed by atoms with Gasteiger partial charge in [0.1, 0.15) is 0 Å². The lowest BCUT2D eigenvalue weighted by Gasteiger charge is -2.21. The van der Waals surface area contributed by atoms with Gasteiger partial charge in [-0.25, -0.2) is 0 Å². The third-order valence-electron chi connectivity index (χ3n) is 2.79.